The largest absolute Gasteiger partial charge is 0.496 e. The number of nitrogens with zero attached hydrogens (tertiary/aromatic N) is 2. The van der Waals surface area contributed by atoms with E-state index in [0.29, 0.717) is 29.7 Å². The van der Waals surface area contributed by atoms with Gasteiger partial charge in [0.25, 0.3) is 0 Å². The average Bonchev–Trinajstić information content (AvgIpc) is 2.89. The minimum atomic E-state index is 0.0118. The fraction of sp³-hybridized carbons (Fsp3) is 0.276. The topological polar surface area (TPSA) is 42.0 Å². The molecular formula is C29H30Cl2N2O3. The van der Waals surface area contributed by atoms with Crippen LogP contribution in [-0.2, 0) is 17.9 Å². The quantitative estimate of drug-likeness (QED) is 0.326. The van der Waals surface area contributed by atoms with Crippen molar-refractivity contribution >= 4 is 35.2 Å². The van der Waals surface area contributed by atoms with Gasteiger partial charge in [-0.1, -0.05) is 53.5 Å². The molecule has 7 heteroatoms. The summed E-state index contributed by atoms with van der Waals surface area (Å²) in [5, 5.41) is 1.13. The highest BCUT2D eigenvalue weighted by atomic mass is 35.5. The van der Waals surface area contributed by atoms with Gasteiger partial charge in [-0.25, -0.2) is 0 Å². The Hall–Kier alpha value is -2.99. The Bertz CT molecular complexity index is 1240. The van der Waals surface area contributed by atoms with Gasteiger partial charge in [-0.2, -0.15) is 0 Å². The Kier molecular flexibility index (Phi) is 8.92. The Morgan fingerprint density at radius 2 is 1.72 bits per heavy atom. The van der Waals surface area contributed by atoms with Gasteiger partial charge in [-0.3, -0.25) is 9.69 Å². The van der Waals surface area contributed by atoms with Crippen molar-refractivity contribution in [2.75, 3.05) is 33.3 Å². The van der Waals surface area contributed by atoms with Crippen LogP contribution in [0.5, 0.6) is 11.5 Å². The van der Waals surface area contributed by atoms with Crippen LogP contribution in [0.3, 0.4) is 0 Å². The highest BCUT2D eigenvalue weighted by Gasteiger charge is 2.20. The van der Waals surface area contributed by atoms with E-state index in [1.165, 1.54) is 0 Å². The normalized spacial score (nSPS) is 14.3. The van der Waals surface area contributed by atoms with E-state index in [4.69, 9.17) is 32.7 Å². The van der Waals surface area contributed by atoms with E-state index < -0.39 is 0 Å². The molecule has 1 saturated heterocycles. The molecule has 0 aromatic heterocycles. The Balaban J connectivity index is 1.32. The highest BCUT2D eigenvalue weighted by molar-refractivity contribution is 6.42. The van der Waals surface area contributed by atoms with Gasteiger partial charge in [0.2, 0.25) is 5.91 Å². The molecule has 0 saturated carbocycles. The van der Waals surface area contributed by atoms with Gasteiger partial charge in [0, 0.05) is 44.4 Å². The third-order valence-electron chi connectivity index (χ3n) is 6.27. The summed E-state index contributed by atoms with van der Waals surface area (Å²) in [6, 6.07) is 19.5. The molecule has 0 spiro atoms. The molecule has 1 aliphatic heterocycles. The lowest BCUT2D eigenvalue weighted by atomic mass is 10.1. The fourth-order valence-electron chi connectivity index (χ4n) is 4.18. The van der Waals surface area contributed by atoms with Crippen LogP contribution in [-0.4, -0.2) is 49.0 Å². The van der Waals surface area contributed by atoms with E-state index in [9.17, 15) is 4.79 Å². The van der Waals surface area contributed by atoms with Gasteiger partial charge < -0.3 is 14.4 Å². The molecule has 3 aromatic rings. The van der Waals surface area contributed by atoms with E-state index in [-0.39, 0.29) is 5.91 Å². The van der Waals surface area contributed by atoms with Crippen molar-refractivity contribution in [2.45, 2.75) is 20.1 Å². The second-order valence-corrected chi connectivity index (χ2v) is 9.62. The second kappa shape index (κ2) is 12.3. The van der Waals surface area contributed by atoms with Crippen molar-refractivity contribution in [1.29, 1.82) is 0 Å². The van der Waals surface area contributed by atoms with Crippen LogP contribution < -0.4 is 9.47 Å². The third kappa shape index (κ3) is 6.82. The van der Waals surface area contributed by atoms with Crippen LogP contribution >= 0.6 is 23.2 Å². The van der Waals surface area contributed by atoms with Crippen LogP contribution in [0.1, 0.15) is 22.3 Å². The Morgan fingerprint density at radius 3 is 2.44 bits per heavy atom. The maximum Gasteiger partial charge on any atom is 0.246 e. The van der Waals surface area contributed by atoms with E-state index >= 15 is 0 Å². The summed E-state index contributed by atoms with van der Waals surface area (Å²) in [5.74, 6) is 1.61. The predicted octanol–water partition coefficient (Wildman–Crippen LogP) is 6.25. The summed E-state index contributed by atoms with van der Waals surface area (Å²) < 4.78 is 11.5. The average molecular weight is 525 g/mol. The summed E-state index contributed by atoms with van der Waals surface area (Å²) >= 11 is 12.1. The maximum absolute atomic E-state index is 12.8. The molecular weight excluding hydrogens is 495 g/mol. The van der Waals surface area contributed by atoms with Crippen molar-refractivity contribution < 1.29 is 14.3 Å². The summed E-state index contributed by atoms with van der Waals surface area (Å²) in [7, 11) is 1.65. The molecule has 3 aromatic carbocycles. The number of aryl methyl sites for hydroxylation is 1. The molecule has 1 aliphatic rings. The number of piperazine rings is 1. The van der Waals surface area contributed by atoms with Crippen molar-refractivity contribution in [1.82, 2.24) is 9.80 Å². The molecule has 1 fully saturated rings. The maximum atomic E-state index is 12.8. The molecule has 0 bridgehead atoms. The number of para-hydroxylation sites is 1. The molecule has 0 aliphatic carbocycles. The lowest BCUT2D eigenvalue weighted by Crippen LogP contribution is -2.47. The molecule has 4 rings (SSSR count). The van der Waals surface area contributed by atoms with Crippen molar-refractivity contribution in [3.63, 3.8) is 0 Å². The highest BCUT2D eigenvalue weighted by Crippen LogP contribution is 2.25. The van der Waals surface area contributed by atoms with Crippen LogP contribution in [0.2, 0.25) is 10.0 Å². The summed E-state index contributed by atoms with van der Waals surface area (Å²) in [6.07, 6.45) is 3.49. The minimum absolute atomic E-state index is 0.0118. The van der Waals surface area contributed by atoms with Gasteiger partial charge in [0.1, 0.15) is 18.1 Å². The smallest absolute Gasteiger partial charge is 0.246 e. The number of amides is 1. The number of carbonyl (C=O) groups excluding carboxylic acids is 1. The van der Waals surface area contributed by atoms with E-state index in [1.54, 1.807) is 13.2 Å². The number of halogens is 2. The van der Waals surface area contributed by atoms with Crippen molar-refractivity contribution in [2.24, 2.45) is 0 Å². The predicted molar refractivity (Wildman–Crippen MR) is 146 cm³/mol. The van der Waals surface area contributed by atoms with Crippen LogP contribution in [0.25, 0.3) is 6.08 Å². The molecule has 36 heavy (non-hydrogen) atoms. The number of rotatable bonds is 8. The van der Waals surface area contributed by atoms with Gasteiger partial charge in [0.15, 0.2) is 0 Å². The molecule has 0 N–H and O–H groups in total. The number of carbonyl (C=O) groups is 1. The molecule has 0 atom stereocenters. The number of hydrogen-bond acceptors (Lipinski definition) is 4. The summed E-state index contributed by atoms with van der Waals surface area (Å²) in [5.41, 5.74) is 4.04. The van der Waals surface area contributed by atoms with E-state index in [2.05, 4.69) is 4.90 Å². The monoisotopic (exact) mass is 524 g/mol. The second-order valence-electron chi connectivity index (χ2n) is 8.81. The molecule has 1 amide bonds. The Labute approximate surface area is 222 Å². The lowest BCUT2D eigenvalue weighted by molar-refractivity contribution is -0.127. The van der Waals surface area contributed by atoms with Crippen LogP contribution in [0, 0.1) is 6.92 Å². The first-order chi connectivity index (χ1) is 17.4. The lowest BCUT2D eigenvalue weighted by Gasteiger charge is -2.34. The van der Waals surface area contributed by atoms with Gasteiger partial charge in [0.05, 0.1) is 17.2 Å². The minimum Gasteiger partial charge on any atom is -0.496 e. The standard InChI is InChI=1S/C29H30Cl2N2O3/c1-21-5-3-4-6-27(21)36-20-24-17-22(8-11-28(24)35-2)9-12-29(34)33-15-13-32(14-16-33)19-23-7-10-25(30)26(31)18-23/h3-12,17-18H,13-16,19-20H2,1-2H3/b12-9+. The summed E-state index contributed by atoms with van der Waals surface area (Å²) in [6.45, 7) is 6.17. The first kappa shape index (κ1) is 26.1. The number of methoxy groups -OCH3 is 1. The zero-order valence-electron chi connectivity index (χ0n) is 20.5. The number of ether oxygens (including phenoxy) is 2. The third-order valence-corrected chi connectivity index (χ3v) is 7.01. The van der Waals surface area contributed by atoms with Gasteiger partial charge in [-0.05, 0) is 60.0 Å². The zero-order chi connectivity index (χ0) is 25.5. The molecule has 188 valence electrons. The Morgan fingerprint density at radius 1 is 0.944 bits per heavy atom. The summed E-state index contributed by atoms with van der Waals surface area (Å²) in [4.78, 5) is 17.0. The molecule has 1 heterocycles. The molecule has 5 nitrogen and oxygen atoms in total. The van der Waals surface area contributed by atoms with Gasteiger partial charge >= 0.3 is 0 Å². The van der Waals surface area contributed by atoms with E-state index in [0.717, 1.165) is 53.4 Å². The molecule has 0 radical (unpaired) electrons. The van der Waals surface area contributed by atoms with Crippen molar-refractivity contribution in [3.8, 4) is 11.5 Å². The molecule has 0 unspecified atom stereocenters. The van der Waals surface area contributed by atoms with E-state index in [1.807, 2.05) is 78.6 Å². The van der Waals surface area contributed by atoms with Crippen LogP contribution in [0.15, 0.2) is 66.7 Å². The zero-order valence-corrected chi connectivity index (χ0v) is 22.1. The number of hydrogen-bond donors (Lipinski definition) is 0. The first-order valence-corrected chi connectivity index (χ1v) is 12.7. The van der Waals surface area contributed by atoms with Crippen LogP contribution in [0.4, 0.5) is 0 Å². The van der Waals surface area contributed by atoms with Gasteiger partial charge in [-0.15, -0.1) is 0 Å². The fourth-order valence-corrected chi connectivity index (χ4v) is 4.51. The van der Waals surface area contributed by atoms with Crippen molar-refractivity contribution in [3.05, 3.63) is 99.0 Å². The number of benzene rings is 3. The SMILES string of the molecule is COc1ccc(/C=C/C(=O)N2CCN(Cc3ccc(Cl)c(Cl)c3)CC2)cc1COc1ccccc1C. The first-order valence-electron chi connectivity index (χ1n) is 11.9.